The van der Waals surface area contributed by atoms with E-state index < -0.39 is 18.1 Å². The van der Waals surface area contributed by atoms with Crippen LogP contribution in [-0.4, -0.2) is 53.6 Å². The van der Waals surface area contributed by atoms with E-state index in [2.05, 4.69) is 6.92 Å². The van der Waals surface area contributed by atoms with E-state index in [1.807, 2.05) is 0 Å². The van der Waals surface area contributed by atoms with Crippen LogP contribution in [0.5, 0.6) is 0 Å². The van der Waals surface area contributed by atoms with E-state index in [9.17, 15) is 0 Å². The lowest BCUT2D eigenvalue weighted by Gasteiger charge is -2.33. The molecule has 0 aromatic heterocycles. The highest BCUT2D eigenvalue weighted by Crippen LogP contribution is 2.34. The van der Waals surface area contributed by atoms with Crippen molar-refractivity contribution in [3.05, 3.63) is 0 Å². The van der Waals surface area contributed by atoms with Gasteiger partial charge in [-0.15, -0.1) is 0 Å². The van der Waals surface area contributed by atoms with Gasteiger partial charge in [0.15, 0.2) is 0 Å². The van der Waals surface area contributed by atoms with E-state index >= 15 is 0 Å². The van der Waals surface area contributed by atoms with Crippen LogP contribution in [0.4, 0.5) is 0 Å². The van der Waals surface area contributed by atoms with Crippen molar-refractivity contribution in [3.8, 4) is 0 Å². The van der Waals surface area contributed by atoms with Crippen molar-refractivity contribution >= 4 is 18.1 Å². The smallest absolute Gasteiger partial charge is 0.400 e. The zero-order valence-corrected chi connectivity index (χ0v) is 17.5. The van der Waals surface area contributed by atoms with Crippen LogP contribution in [0, 0.1) is 0 Å². The summed E-state index contributed by atoms with van der Waals surface area (Å²) in [5, 5.41) is 0. The van der Waals surface area contributed by atoms with Gasteiger partial charge in [-0.3, -0.25) is 0 Å². The molecule has 0 saturated carbocycles. The molecule has 0 radical (unpaired) electrons. The predicted molar refractivity (Wildman–Crippen MR) is 94.5 cm³/mol. The molecule has 0 aliphatic carbocycles. The van der Waals surface area contributed by atoms with E-state index in [0.717, 1.165) is 12.5 Å². The Bertz CT molecular complexity index is 240. The Hall–Kier alpha value is 0.234. The lowest BCUT2D eigenvalue weighted by Crippen LogP contribution is -2.49. The molecule has 0 heterocycles. The molecular formula is C15H36O5Si2. The quantitative estimate of drug-likeness (QED) is 0.333. The summed E-state index contributed by atoms with van der Waals surface area (Å²) >= 11 is 0. The maximum absolute atomic E-state index is 5.69. The summed E-state index contributed by atoms with van der Waals surface area (Å²) in [4.78, 5) is 0. The Balaban J connectivity index is 4.57. The van der Waals surface area contributed by atoms with Crippen molar-refractivity contribution in [2.75, 3.05) is 35.5 Å². The summed E-state index contributed by atoms with van der Waals surface area (Å²) in [6.45, 7) is 2.24. The number of unbranched alkanes of at least 4 members (excludes halogenated alkanes) is 5. The normalized spacial score (nSPS) is 13.8. The van der Waals surface area contributed by atoms with E-state index in [1.165, 1.54) is 38.5 Å². The molecule has 7 heteroatoms. The van der Waals surface area contributed by atoms with Gasteiger partial charge < -0.3 is 22.1 Å². The molecule has 0 aromatic carbocycles. The molecule has 134 valence electrons. The van der Waals surface area contributed by atoms with Gasteiger partial charge in [-0.1, -0.05) is 45.4 Å². The van der Waals surface area contributed by atoms with Crippen LogP contribution in [0.2, 0.25) is 11.6 Å². The van der Waals surface area contributed by atoms with Gasteiger partial charge in [-0.05, 0) is 12.5 Å². The Morgan fingerprint density at radius 2 is 1.27 bits per heavy atom. The molecule has 0 amide bonds. The zero-order chi connectivity index (χ0) is 16.8. The molecule has 0 saturated heterocycles. The van der Waals surface area contributed by atoms with Crippen LogP contribution in [0.25, 0.3) is 0 Å². The maximum Gasteiger partial charge on any atom is 0.503 e. The molecule has 0 fully saturated rings. The second-order valence-corrected chi connectivity index (χ2v) is 11.1. The van der Waals surface area contributed by atoms with Crippen molar-refractivity contribution < 1.29 is 22.1 Å². The number of hydrogen-bond acceptors (Lipinski definition) is 5. The lowest BCUT2D eigenvalue weighted by atomic mass is 10.1. The molecule has 1 atom stereocenters. The zero-order valence-electron chi connectivity index (χ0n) is 15.4. The Morgan fingerprint density at radius 1 is 0.773 bits per heavy atom. The second-order valence-electron chi connectivity index (χ2n) is 5.61. The van der Waals surface area contributed by atoms with E-state index in [-0.39, 0.29) is 5.54 Å². The van der Waals surface area contributed by atoms with Crippen molar-refractivity contribution in [1.29, 1.82) is 0 Å². The van der Waals surface area contributed by atoms with Crippen LogP contribution in [0.15, 0.2) is 0 Å². The third-order valence-corrected chi connectivity index (χ3v) is 9.97. The van der Waals surface area contributed by atoms with Crippen LogP contribution >= 0.6 is 0 Å². The molecule has 0 rings (SSSR count). The van der Waals surface area contributed by atoms with Gasteiger partial charge in [0.2, 0.25) is 0 Å². The highest BCUT2D eigenvalue weighted by Gasteiger charge is 2.48. The molecule has 0 spiro atoms. The Morgan fingerprint density at radius 3 is 1.73 bits per heavy atom. The highest BCUT2D eigenvalue weighted by atomic mass is 28.4. The molecule has 22 heavy (non-hydrogen) atoms. The summed E-state index contributed by atoms with van der Waals surface area (Å²) in [6, 6.07) is 0.865. The van der Waals surface area contributed by atoms with Gasteiger partial charge in [0.05, 0.1) is 0 Å². The minimum absolute atomic E-state index is 0.246. The molecule has 0 aliphatic heterocycles. The largest absolute Gasteiger partial charge is 0.503 e. The predicted octanol–water partition coefficient (Wildman–Crippen LogP) is 3.50. The van der Waals surface area contributed by atoms with Crippen LogP contribution in [0.1, 0.15) is 51.9 Å². The molecule has 0 aromatic rings. The van der Waals surface area contributed by atoms with Gasteiger partial charge in [0, 0.05) is 41.1 Å². The number of rotatable bonds is 15. The average Bonchev–Trinajstić information content (AvgIpc) is 2.56. The number of hydrogen-bond donors (Lipinski definition) is 0. The fraction of sp³-hybridized carbons (Fsp3) is 1.00. The fourth-order valence-corrected chi connectivity index (χ4v) is 7.95. The van der Waals surface area contributed by atoms with Gasteiger partial charge in [-0.2, -0.15) is 0 Å². The van der Waals surface area contributed by atoms with Crippen LogP contribution < -0.4 is 0 Å². The van der Waals surface area contributed by atoms with Gasteiger partial charge >= 0.3 is 18.1 Å². The van der Waals surface area contributed by atoms with E-state index in [0.29, 0.717) is 0 Å². The highest BCUT2D eigenvalue weighted by molar-refractivity contribution is 6.64. The summed E-state index contributed by atoms with van der Waals surface area (Å²) in [6.07, 6.45) is 8.72. The monoisotopic (exact) mass is 352 g/mol. The first-order valence-corrected chi connectivity index (χ1v) is 11.9. The van der Waals surface area contributed by atoms with Crippen LogP contribution in [0.3, 0.4) is 0 Å². The summed E-state index contributed by atoms with van der Waals surface area (Å²) < 4.78 is 28.0. The third kappa shape index (κ3) is 7.67. The lowest BCUT2D eigenvalue weighted by molar-refractivity contribution is 0.109. The van der Waals surface area contributed by atoms with E-state index in [1.54, 1.807) is 35.5 Å². The average molecular weight is 353 g/mol. The molecule has 5 nitrogen and oxygen atoms in total. The summed E-state index contributed by atoms with van der Waals surface area (Å²) in [5.74, 6) is 0. The standard InChI is InChI=1S/C15H36O5Si2/c1-7-8-9-10-11-12-13-15(14-21(16-2)17-3)22(18-4,19-5)20-6/h15,21H,7-14H2,1-6H3. The molecular weight excluding hydrogens is 316 g/mol. The van der Waals surface area contributed by atoms with E-state index in [4.69, 9.17) is 22.1 Å². The van der Waals surface area contributed by atoms with Gasteiger partial charge in [0.1, 0.15) is 0 Å². The first kappa shape index (κ1) is 22.2. The van der Waals surface area contributed by atoms with Crippen molar-refractivity contribution in [2.24, 2.45) is 0 Å². The third-order valence-electron chi connectivity index (χ3n) is 4.26. The van der Waals surface area contributed by atoms with Gasteiger partial charge in [0.25, 0.3) is 0 Å². The van der Waals surface area contributed by atoms with Crippen LogP contribution in [-0.2, 0) is 22.1 Å². The van der Waals surface area contributed by atoms with Crippen molar-refractivity contribution in [3.63, 3.8) is 0 Å². The maximum atomic E-state index is 5.69. The minimum Gasteiger partial charge on any atom is -0.400 e. The Kier molecular flexibility index (Phi) is 13.8. The summed E-state index contributed by atoms with van der Waals surface area (Å²) in [5.41, 5.74) is 0.246. The topological polar surface area (TPSA) is 46.2 Å². The molecule has 0 aliphatic rings. The first-order valence-electron chi connectivity index (χ1n) is 8.35. The van der Waals surface area contributed by atoms with Gasteiger partial charge in [-0.25, -0.2) is 0 Å². The van der Waals surface area contributed by atoms with Crippen molar-refractivity contribution in [1.82, 2.24) is 0 Å². The summed E-state index contributed by atoms with van der Waals surface area (Å²) in [7, 11) is 4.18. The molecule has 1 unspecified atom stereocenters. The molecule has 0 N–H and O–H groups in total. The minimum atomic E-state index is -2.64. The fourth-order valence-electron chi connectivity index (χ4n) is 2.88. The second kappa shape index (κ2) is 13.7. The van der Waals surface area contributed by atoms with Crippen molar-refractivity contribution in [2.45, 2.75) is 63.5 Å². The first-order chi connectivity index (χ1) is 10.6. The Labute approximate surface area is 139 Å². The molecule has 0 bridgehead atoms. The SMILES string of the molecule is CCCCCCCCC(C[SiH](OC)OC)[Si](OC)(OC)OC.